The average molecular weight is 414 g/mol. The number of rotatable bonds is 7. The van der Waals surface area contributed by atoms with E-state index in [0.29, 0.717) is 5.70 Å². The molecule has 1 unspecified atom stereocenters. The van der Waals surface area contributed by atoms with Crippen molar-refractivity contribution in [1.82, 2.24) is 14.9 Å². The molecule has 29 heavy (non-hydrogen) atoms. The van der Waals surface area contributed by atoms with Crippen LogP contribution >= 0.6 is 0 Å². The van der Waals surface area contributed by atoms with Gasteiger partial charge in [0, 0.05) is 30.5 Å². The Morgan fingerprint density at radius 3 is 2.48 bits per heavy atom. The number of hydrogen-bond acceptors (Lipinski definition) is 7. The van der Waals surface area contributed by atoms with Crippen molar-refractivity contribution >= 4 is 21.4 Å². The third kappa shape index (κ3) is 5.66. The number of carbonyl (C=O) groups is 1. The Kier molecular flexibility index (Phi) is 6.30. The summed E-state index contributed by atoms with van der Waals surface area (Å²) in [5.41, 5.74) is 8.09. The minimum absolute atomic E-state index is 0.142. The molecule has 1 atom stereocenters. The Hall–Kier alpha value is -3.17. The van der Waals surface area contributed by atoms with Crippen LogP contribution in [0.5, 0.6) is 0 Å². The van der Waals surface area contributed by atoms with Gasteiger partial charge in [0.15, 0.2) is 9.84 Å². The standard InChI is InChI=1S/C20H23N5O3S/c21-19(17-4-2-1-3-5-17)13-24(22)14-20(26)25(12-16-6-9-23-10-7-16)18-8-11-29(27,28)15-18/h1-11,13,18H,12,14-15,21-22H2/b19-13-. The van der Waals surface area contributed by atoms with Gasteiger partial charge in [-0.15, -0.1) is 0 Å². The van der Waals surface area contributed by atoms with Gasteiger partial charge in [-0.05, 0) is 29.3 Å². The Morgan fingerprint density at radius 1 is 1.17 bits per heavy atom. The first kappa shape index (κ1) is 20.6. The minimum atomic E-state index is -3.31. The van der Waals surface area contributed by atoms with Crippen LogP contribution in [0, 0.1) is 0 Å². The van der Waals surface area contributed by atoms with E-state index in [2.05, 4.69) is 4.98 Å². The summed E-state index contributed by atoms with van der Waals surface area (Å²) in [7, 11) is -3.31. The zero-order valence-electron chi connectivity index (χ0n) is 15.8. The number of sulfone groups is 1. The number of aromatic nitrogens is 1. The maximum Gasteiger partial charge on any atom is 0.244 e. The van der Waals surface area contributed by atoms with Crippen LogP contribution in [0.4, 0.5) is 0 Å². The molecule has 9 heteroatoms. The topological polar surface area (TPSA) is 123 Å². The fraction of sp³-hybridized carbons (Fsp3) is 0.200. The molecule has 1 aromatic carbocycles. The van der Waals surface area contributed by atoms with Crippen LogP contribution in [0.1, 0.15) is 11.1 Å². The van der Waals surface area contributed by atoms with E-state index in [-0.39, 0.29) is 24.7 Å². The summed E-state index contributed by atoms with van der Waals surface area (Å²) < 4.78 is 23.7. The van der Waals surface area contributed by atoms with Gasteiger partial charge < -0.3 is 15.6 Å². The highest BCUT2D eigenvalue weighted by molar-refractivity contribution is 7.94. The molecule has 0 aliphatic carbocycles. The van der Waals surface area contributed by atoms with Gasteiger partial charge >= 0.3 is 0 Å². The normalized spacial score (nSPS) is 17.8. The highest BCUT2D eigenvalue weighted by atomic mass is 32.2. The van der Waals surface area contributed by atoms with E-state index in [0.717, 1.165) is 16.5 Å². The summed E-state index contributed by atoms with van der Waals surface area (Å²) in [5.74, 6) is 5.52. The van der Waals surface area contributed by atoms with Gasteiger partial charge in [-0.25, -0.2) is 14.3 Å². The van der Waals surface area contributed by atoms with Gasteiger partial charge in [-0.3, -0.25) is 9.78 Å². The second kappa shape index (κ2) is 8.89. The summed E-state index contributed by atoms with van der Waals surface area (Å²) in [6.07, 6.45) is 6.26. The highest BCUT2D eigenvalue weighted by Crippen LogP contribution is 2.18. The second-order valence-corrected chi connectivity index (χ2v) is 8.66. The monoisotopic (exact) mass is 413 g/mol. The van der Waals surface area contributed by atoms with Crippen LogP contribution in [-0.2, 0) is 21.2 Å². The highest BCUT2D eigenvalue weighted by Gasteiger charge is 2.30. The fourth-order valence-electron chi connectivity index (χ4n) is 3.01. The second-order valence-electron chi connectivity index (χ2n) is 6.73. The molecule has 2 heterocycles. The van der Waals surface area contributed by atoms with E-state index in [4.69, 9.17) is 11.6 Å². The molecule has 152 valence electrons. The van der Waals surface area contributed by atoms with Crippen LogP contribution in [0.15, 0.2) is 72.5 Å². The maximum absolute atomic E-state index is 13.0. The lowest BCUT2D eigenvalue weighted by Gasteiger charge is -2.29. The molecular weight excluding hydrogens is 390 g/mol. The minimum Gasteiger partial charge on any atom is -0.397 e. The van der Waals surface area contributed by atoms with Crippen molar-refractivity contribution in [3.05, 3.63) is 83.7 Å². The van der Waals surface area contributed by atoms with E-state index in [9.17, 15) is 13.2 Å². The van der Waals surface area contributed by atoms with Gasteiger partial charge in [0.1, 0.15) is 6.54 Å². The molecule has 1 aliphatic heterocycles. The van der Waals surface area contributed by atoms with E-state index >= 15 is 0 Å². The first-order valence-corrected chi connectivity index (χ1v) is 10.7. The van der Waals surface area contributed by atoms with Crippen LogP contribution in [0.2, 0.25) is 0 Å². The van der Waals surface area contributed by atoms with Crippen molar-refractivity contribution in [1.29, 1.82) is 0 Å². The zero-order valence-corrected chi connectivity index (χ0v) is 16.6. The average Bonchev–Trinajstić information content (AvgIpc) is 3.06. The third-order valence-corrected chi connectivity index (χ3v) is 5.84. The fourth-order valence-corrected chi connectivity index (χ4v) is 4.30. The van der Waals surface area contributed by atoms with Crippen molar-refractivity contribution in [3.63, 3.8) is 0 Å². The number of nitrogens with two attached hydrogens (primary N) is 2. The van der Waals surface area contributed by atoms with Crippen molar-refractivity contribution in [2.24, 2.45) is 11.6 Å². The molecule has 0 spiro atoms. The maximum atomic E-state index is 13.0. The molecule has 1 amide bonds. The molecule has 0 radical (unpaired) electrons. The number of benzene rings is 1. The molecule has 4 N–H and O–H groups in total. The smallest absolute Gasteiger partial charge is 0.244 e. The van der Waals surface area contributed by atoms with Gasteiger partial charge in [0.2, 0.25) is 5.91 Å². The summed E-state index contributed by atoms with van der Waals surface area (Å²) in [6, 6.07) is 12.3. The predicted molar refractivity (Wildman–Crippen MR) is 111 cm³/mol. The lowest BCUT2D eigenvalue weighted by Crippen LogP contribution is -2.46. The molecule has 1 aliphatic rings. The first-order valence-electron chi connectivity index (χ1n) is 8.97. The lowest BCUT2D eigenvalue weighted by atomic mass is 10.2. The van der Waals surface area contributed by atoms with Gasteiger partial charge in [-0.1, -0.05) is 30.3 Å². The number of amides is 1. The quantitative estimate of drug-likeness (QED) is 0.510. The van der Waals surface area contributed by atoms with Gasteiger partial charge in [0.25, 0.3) is 0 Å². The Labute approximate surface area is 170 Å². The van der Waals surface area contributed by atoms with Crippen LogP contribution < -0.4 is 11.6 Å². The SMILES string of the molecule is N/C(=C\N(N)CC(=O)N(Cc1ccncc1)C1C=CS(=O)(=O)C1)c1ccccc1. The molecule has 0 saturated heterocycles. The zero-order chi connectivity index (χ0) is 20.9. The van der Waals surface area contributed by atoms with Gasteiger partial charge in [-0.2, -0.15) is 0 Å². The number of hydrazine groups is 1. The molecule has 0 bridgehead atoms. The number of pyridine rings is 1. The molecule has 0 saturated carbocycles. The predicted octanol–water partition coefficient (Wildman–Crippen LogP) is 0.854. The molecule has 8 nitrogen and oxygen atoms in total. The van der Waals surface area contributed by atoms with E-state index in [1.165, 1.54) is 22.2 Å². The Balaban J connectivity index is 1.74. The van der Waals surface area contributed by atoms with E-state index < -0.39 is 15.9 Å². The number of hydrogen-bond donors (Lipinski definition) is 2. The van der Waals surface area contributed by atoms with E-state index in [1.54, 1.807) is 24.5 Å². The molecule has 2 aromatic rings. The van der Waals surface area contributed by atoms with Crippen molar-refractivity contribution in [3.8, 4) is 0 Å². The summed E-state index contributed by atoms with van der Waals surface area (Å²) in [6.45, 7) is 0.0978. The van der Waals surface area contributed by atoms with E-state index in [1.807, 2.05) is 30.3 Å². The third-order valence-electron chi connectivity index (χ3n) is 4.46. The summed E-state index contributed by atoms with van der Waals surface area (Å²) in [5, 5.41) is 2.36. The summed E-state index contributed by atoms with van der Waals surface area (Å²) in [4.78, 5) is 18.4. The van der Waals surface area contributed by atoms with Crippen LogP contribution in [0.25, 0.3) is 5.70 Å². The number of nitrogens with zero attached hydrogens (tertiary/aromatic N) is 3. The van der Waals surface area contributed by atoms with Crippen molar-refractivity contribution < 1.29 is 13.2 Å². The lowest BCUT2D eigenvalue weighted by molar-refractivity contribution is -0.133. The van der Waals surface area contributed by atoms with Gasteiger partial charge in [0.05, 0.1) is 17.5 Å². The Bertz CT molecular complexity index is 1010. The van der Waals surface area contributed by atoms with Crippen LogP contribution in [0.3, 0.4) is 0 Å². The molecule has 1 aromatic heterocycles. The van der Waals surface area contributed by atoms with Crippen LogP contribution in [-0.4, -0.2) is 47.6 Å². The summed E-state index contributed by atoms with van der Waals surface area (Å²) >= 11 is 0. The molecule has 3 rings (SSSR count). The number of carbonyl (C=O) groups excluding carboxylic acids is 1. The molecule has 0 fully saturated rings. The van der Waals surface area contributed by atoms with Crippen molar-refractivity contribution in [2.75, 3.05) is 12.3 Å². The first-order chi connectivity index (χ1) is 13.8. The Morgan fingerprint density at radius 2 is 1.86 bits per heavy atom. The largest absolute Gasteiger partial charge is 0.397 e. The van der Waals surface area contributed by atoms with Crippen molar-refractivity contribution in [2.45, 2.75) is 12.6 Å². The molecular formula is C20H23N5O3S.